The van der Waals surface area contributed by atoms with Crippen molar-refractivity contribution in [2.75, 3.05) is 11.4 Å². The van der Waals surface area contributed by atoms with Crippen LogP contribution in [0.2, 0.25) is 5.02 Å². The number of fused-ring (bicyclic) bond motifs is 1. The molecule has 1 aliphatic heterocycles. The standard InChI is InChI=1S/C11H11Cl2NO3S/c1-7(15)14-4-2-3-8-5-9(12)11(6-10(8)14)18(13,16)17/h5-6H,2-4H2,1H3. The van der Waals surface area contributed by atoms with E-state index in [1.807, 2.05) is 0 Å². The van der Waals surface area contributed by atoms with E-state index in [0.717, 1.165) is 18.4 Å². The summed E-state index contributed by atoms with van der Waals surface area (Å²) in [5.74, 6) is -0.129. The summed E-state index contributed by atoms with van der Waals surface area (Å²) < 4.78 is 22.8. The molecule has 0 aromatic heterocycles. The van der Waals surface area contributed by atoms with Gasteiger partial charge in [-0.25, -0.2) is 8.42 Å². The quantitative estimate of drug-likeness (QED) is 0.749. The smallest absolute Gasteiger partial charge is 0.262 e. The van der Waals surface area contributed by atoms with Crippen molar-refractivity contribution in [3.8, 4) is 0 Å². The number of anilines is 1. The van der Waals surface area contributed by atoms with Crippen LogP contribution in [0.4, 0.5) is 5.69 Å². The summed E-state index contributed by atoms with van der Waals surface area (Å²) in [5, 5.41) is 0.0918. The first-order valence-corrected chi connectivity index (χ1v) is 8.04. The average molecular weight is 308 g/mol. The molecule has 1 aromatic rings. The second kappa shape index (κ2) is 4.72. The van der Waals surface area contributed by atoms with Gasteiger partial charge in [0.25, 0.3) is 9.05 Å². The molecule has 0 fully saturated rings. The number of hydrogen-bond donors (Lipinski definition) is 0. The largest absolute Gasteiger partial charge is 0.312 e. The third kappa shape index (κ3) is 2.48. The lowest BCUT2D eigenvalue weighted by atomic mass is 10.0. The van der Waals surface area contributed by atoms with Crippen LogP contribution in [0.5, 0.6) is 0 Å². The van der Waals surface area contributed by atoms with Crippen molar-refractivity contribution >= 4 is 42.9 Å². The number of carbonyl (C=O) groups is 1. The molecule has 0 unspecified atom stereocenters. The minimum absolute atomic E-state index is 0.0918. The maximum atomic E-state index is 11.5. The Kier molecular flexibility index (Phi) is 3.58. The first-order valence-electron chi connectivity index (χ1n) is 5.36. The molecular weight excluding hydrogens is 297 g/mol. The molecule has 0 saturated carbocycles. The Hall–Kier alpha value is -0.780. The van der Waals surface area contributed by atoms with Gasteiger partial charge in [-0.15, -0.1) is 0 Å². The number of nitrogens with zero attached hydrogens (tertiary/aromatic N) is 1. The van der Waals surface area contributed by atoms with Gasteiger partial charge in [0, 0.05) is 29.8 Å². The van der Waals surface area contributed by atoms with E-state index in [0.29, 0.717) is 12.2 Å². The summed E-state index contributed by atoms with van der Waals surface area (Å²) in [6.45, 7) is 2.02. The number of carbonyl (C=O) groups excluding carboxylic acids is 1. The van der Waals surface area contributed by atoms with Crippen LogP contribution in [0, 0.1) is 0 Å². The fourth-order valence-electron chi connectivity index (χ4n) is 2.10. The van der Waals surface area contributed by atoms with E-state index in [2.05, 4.69) is 0 Å². The molecule has 1 aromatic carbocycles. The fourth-order valence-corrected chi connectivity index (χ4v) is 3.63. The fraction of sp³-hybridized carbons (Fsp3) is 0.364. The zero-order chi connectivity index (χ0) is 13.5. The maximum absolute atomic E-state index is 11.5. The molecule has 18 heavy (non-hydrogen) atoms. The van der Waals surface area contributed by atoms with Crippen molar-refractivity contribution in [3.05, 3.63) is 22.7 Å². The monoisotopic (exact) mass is 307 g/mol. The van der Waals surface area contributed by atoms with Gasteiger partial charge < -0.3 is 4.90 Å². The molecular formula is C11H11Cl2NO3S. The highest BCUT2D eigenvalue weighted by Crippen LogP contribution is 2.35. The third-order valence-electron chi connectivity index (χ3n) is 2.89. The second-order valence-electron chi connectivity index (χ2n) is 4.12. The first-order chi connectivity index (χ1) is 8.30. The summed E-state index contributed by atoms with van der Waals surface area (Å²) in [6.07, 6.45) is 1.59. The first kappa shape index (κ1) is 13.6. The second-order valence-corrected chi connectivity index (χ2v) is 7.06. The average Bonchev–Trinajstić information content (AvgIpc) is 2.25. The molecule has 4 nitrogen and oxygen atoms in total. The molecule has 1 heterocycles. The maximum Gasteiger partial charge on any atom is 0.262 e. The van der Waals surface area contributed by atoms with Gasteiger partial charge >= 0.3 is 0 Å². The lowest BCUT2D eigenvalue weighted by molar-refractivity contribution is -0.116. The van der Waals surface area contributed by atoms with Crippen LogP contribution in [0.3, 0.4) is 0 Å². The number of benzene rings is 1. The summed E-state index contributed by atoms with van der Waals surface area (Å²) in [6, 6.07) is 2.95. The lowest BCUT2D eigenvalue weighted by Crippen LogP contribution is -2.33. The summed E-state index contributed by atoms with van der Waals surface area (Å²) in [7, 11) is 1.40. The Balaban J connectivity index is 2.64. The van der Waals surface area contributed by atoms with Crippen molar-refractivity contribution in [2.45, 2.75) is 24.7 Å². The van der Waals surface area contributed by atoms with E-state index in [1.54, 1.807) is 11.0 Å². The Morgan fingerprint density at radius 2 is 2.06 bits per heavy atom. The van der Waals surface area contributed by atoms with Crippen LogP contribution in [0.15, 0.2) is 17.0 Å². The SMILES string of the molecule is CC(=O)N1CCCc2cc(Cl)c(S(=O)(=O)Cl)cc21. The zero-order valence-electron chi connectivity index (χ0n) is 9.61. The third-order valence-corrected chi connectivity index (χ3v) is 4.68. The number of amides is 1. The van der Waals surface area contributed by atoms with Gasteiger partial charge in [0.2, 0.25) is 5.91 Å². The Morgan fingerprint density at radius 1 is 1.39 bits per heavy atom. The van der Waals surface area contributed by atoms with Gasteiger partial charge in [-0.1, -0.05) is 11.6 Å². The lowest BCUT2D eigenvalue weighted by Gasteiger charge is -2.29. The van der Waals surface area contributed by atoms with E-state index < -0.39 is 9.05 Å². The minimum Gasteiger partial charge on any atom is -0.312 e. The molecule has 0 aliphatic carbocycles. The van der Waals surface area contributed by atoms with Crippen LogP contribution in [-0.4, -0.2) is 20.9 Å². The van der Waals surface area contributed by atoms with Crippen LogP contribution < -0.4 is 4.90 Å². The summed E-state index contributed by atoms with van der Waals surface area (Å²) in [5.41, 5.74) is 1.45. The van der Waals surface area contributed by atoms with Gasteiger partial charge in [0.1, 0.15) is 4.90 Å². The molecule has 0 radical (unpaired) electrons. The number of hydrogen-bond acceptors (Lipinski definition) is 3. The van der Waals surface area contributed by atoms with E-state index >= 15 is 0 Å². The predicted molar refractivity (Wildman–Crippen MR) is 70.8 cm³/mol. The van der Waals surface area contributed by atoms with Gasteiger partial charge in [0.05, 0.1) is 5.02 Å². The topological polar surface area (TPSA) is 54.5 Å². The van der Waals surface area contributed by atoms with Crippen LogP contribution >= 0.6 is 22.3 Å². The summed E-state index contributed by atoms with van der Waals surface area (Å²) >= 11 is 5.91. The molecule has 7 heteroatoms. The van der Waals surface area contributed by atoms with Crippen molar-refractivity contribution in [1.82, 2.24) is 0 Å². The molecule has 0 atom stereocenters. The van der Waals surface area contributed by atoms with E-state index in [4.69, 9.17) is 22.3 Å². The van der Waals surface area contributed by atoms with Crippen LogP contribution in [0.1, 0.15) is 18.9 Å². The van der Waals surface area contributed by atoms with Gasteiger partial charge in [0.15, 0.2) is 0 Å². The highest BCUT2D eigenvalue weighted by molar-refractivity contribution is 8.13. The van der Waals surface area contributed by atoms with E-state index in [1.165, 1.54) is 13.0 Å². The zero-order valence-corrected chi connectivity index (χ0v) is 11.9. The number of rotatable bonds is 1. The van der Waals surface area contributed by atoms with Crippen molar-refractivity contribution in [1.29, 1.82) is 0 Å². The van der Waals surface area contributed by atoms with E-state index in [9.17, 15) is 13.2 Å². The number of aryl methyl sites for hydroxylation is 1. The molecule has 1 amide bonds. The highest BCUT2D eigenvalue weighted by Gasteiger charge is 2.25. The van der Waals surface area contributed by atoms with Gasteiger partial charge in [-0.05, 0) is 30.5 Å². The van der Waals surface area contributed by atoms with Gasteiger partial charge in [-0.2, -0.15) is 0 Å². The van der Waals surface area contributed by atoms with Crippen molar-refractivity contribution in [3.63, 3.8) is 0 Å². The molecule has 0 saturated heterocycles. The predicted octanol–water partition coefficient (Wildman–Crippen LogP) is 2.57. The Bertz CT molecular complexity index is 613. The molecule has 1 aliphatic rings. The Labute approximate surface area is 115 Å². The summed E-state index contributed by atoms with van der Waals surface area (Å²) in [4.78, 5) is 12.9. The molecule has 0 spiro atoms. The van der Waals surface area contributed by atoms with E-state index in [-0.39, 0.29) is 15.8 Å². The Morgan fingerprint density at radius 3 is 2.61 bits per heavy atom. The van der Waals surface area contributed by atoms with Crippen LogP contribution in [0.25, 0.3) is 0 Å². The van der Waals surface area contributed by atoms with Crippen LogP contribution in [-0.2, 0) is 20.3 Å². The normalized spacial score (nSPS) is 15.4. The number of halogens is 2. The molecule has 2 rings (SSSR count). The highest BCUT2D eigenvalue weighted by atomic mass is 35.7. The minimum atomic E-state index is -3.91. The van der Waals surface area contributed by atoms with Gasteiger partial charge in [-0.3, -0.25) is 4.79 Å². The molecule has 98 valence electrons. The van der Waals surface area contributed by atoms with Crippen molar-refractivity contribution < 1.29 is 13.2 Å². The molecule has 0 N–H and O–H groups in total. The van der Waals surface area contributed by atoms with Crippen molar-refractivity contribution in [2.24, 2.45) is 0 Å². The molecule has 0 bridgehead atoms.